The van der Waals surface area contributed by atoms with Gasteiger partial charge in [0.2, 0.25) is 5.43 Å². The predicted octanol–water partition coefficient (Wildman–Crippen LogP) is 5.36. The number of halogens is 1. The average molecular weight is 412 g/mol. The van der Waals surface area contributed by atoms with E-state index in [9.17, 15) is 9.18 Å². The van der Waals surface area contributed by atoms with E-state index >= 15 is 0 Å². The molecule has 6 heteroatoms. The molecule has 5 rings (SSSR count). The summed E-state index contributed by atoms with van der Waals surface area (Å²) >= 11 is 0. The van der Waals surface area contributed by atoms with Gasteiger partial charge in [-0.15, -0.1) is 0 Å². The summed E-state index contributed by atoms with van der Waals surface area (Å²) < 4.78 is 27.3. The summed E-state index contributed by atoms with van der Waals surface area (Å²) in [5.41, 5.74) is 2.36. The highest BCUT2D eigenvalue weighted by Gasteiger charge is 2.13. The molecule has 2 aromatic heterocycles. The fourth-order valence-electron chi connectivity index (χ4n) is 3.39. The second-order valence-corrected chi connectivity index (χ2v) is 7.03. The Hall–Kier alpha value is -4.19. The van der Waals surface area contributed by atoms with Crippen LogP contribution in [-0.2, 0) is 6.61 Å². The van der Waals surface area contributed by atoms with Crippen LogP contribution in [0.5, 0.6) is 5.75 Å². The summed E-state index contributed by atoms with van der Waals surface area (Å²) in [6.45, 7) is 0.315. The van der Waals surface area contributed by atoms with Gasteiger partial charge in [-0.25, -0.2) is 9.07 Å². The summed E-state index contributed by atoms with van der Waals surface area (Å²) in [7, 11) is 0. The molecule has 5 aromatic rings. The molecule has 0 amide bonds. The predicted molar refractivity (Wildman–Crippen MR) is 116 cm³/mol. The third-order valence-corrected chi connectivity index (χ3v) is 4.97. The van der Waals surface area contributed by atoms with Crippen molar-refractivity contribution in [3.05, 3.63) is 113 Å². The maximum atomic E-state index is 14.1. The molecule has 3 aromatic carbocycles. The van der Waals surface area contributed by atoms with Crippen LogP contribution in [0.2, 0.25) is 0 Å². The van der Waals surface area contributed by atoms with Gasteiger partial charge in [-0.1, -0.05) is 36.4 Å². The van der Waals surface area contributed by atoms with Gasteiger partial charge in [0.05, 0.1) is 22.8 Å². The van der Waals surface area contributed by atoms with Crippen LogP contribution < -0.4 is 10.2 Å². The fraction of sp³-hybridized carbons (Fsp3) is 0.0400. The third kappa shape index (κ3) is 3.71. The van der Waals surface area contributed by atoms with Gasteiger partial charge >= 0.3 is 0 Å². The Balaban J connectivity index is 1.37. The minimum absolute atomic E-state index is 0.188. The number of hydrogen-bond donors (Lipinski definition) is 0. The first-order valence-electron chi connectivity index (χ1n) is 9.71. The highest BCUT2D eigenvalue weighted by atomic mass is 19.1. The topological polar surface area (TPSA) is 57.3 Å². The van der Waals surface area contributed by atoms with Crippen LogP contribution in [0.15, 0.2) is 101 Å². The summed E-state index contributed by atoms with van der Waals surface area (Å²) in [6.07, 6.45) is 4.93. The van der Waals surface area contributed by atoms with Gasteiger partial charge in [0.15, 0.2) is 0 Å². The van der Waals surface area contributed by atoms with Crippen LogP contribution in [0, 0.1) is 5.82 Å². The summed E-state index contributed by atoms with van der Waals surface area (Å²) in [6, 6.07) is 20.9. The van der Waals surface area contributed by atoms with E-state index in [0.717, 1.165) is 11.3 Å². The molecular weight excluding hydrogens is 395 g/mol. The number of rotatable bonds is 5. The zero-order chi connectivity index (χ0) is 21.2. The van der Waals surface area contributed by atoms with Gasteiger partial charge in [-0.05, 0) is 30.3 Å². The highest BCUT2D eigenvalue weighted by Crippen LogP contribution is 2.25. The maximum absolute atomic E-state index is 14.1. The molecule has 0 saturated carbocycles. The van der Waals surface area contributed by atoms with Crippen molar-refractivity contribution in [1.29, 1.82) is 0 Å². The van der Waals surface area contributed by atoms with Gasteiger partial charge in [-0.2, -0.15) is 5.10 Å². The van der Waals surface area contributed by atoms with Gasteiger partial charge in [0.1, 0.15) is 30.0 Å². The van der Waals surface area contributed by atoms with Crippen LogP contribution in [-0.4, -0.2) is 9.78 Å². The van der Waals surface area contributed by atoms with Crippen molar-refractivity contribution < 1.29 is 13.5 Å². The first-order chi connectivity index (χ1) is 15.2. The van der Waals surface area contributed by atoms with Crippen molar-refractivity contribution in [3.63, 3.8) is 0 Å². The summed E-state index contributed by atoms with van der Waals surface area (Å²) in [5.74, 6) is 0.0897. The van der Waals surface area contributed by atoms with Crippen molar-refractivity contribution >= 4 is 11.0 Å². The average Bonchev–Trinajstić information content (AvgIpc) is 3.28. The van der Waals surface area contributed by atoms with Gasteiger partial charge < -0.3 is 9.15 Å². The number of fused-ring (bicyclic) bond motifs is 1. The number of nitrogens with zero attached hydrogens (tertiary/aromatic N) is 2. The van der Waals surface area contributed by atoms with E-state index in [4.69, 9.17) is 9.15 Å². The molecule has 0 aliphatic carbocycles. The fourth-order valence-corrected chi connectivity index (χ4v) is 3.39. The first kappa shape index (κ1) is 18.8. The molecular formula is C25H17FN2O3. The Morgan fingerprint density at radius 3 is 2.61 bits per heavy atom. The molecule has 31 heavy (non-hydrogen) atoms. The first-order valence-corrected chi connectivity index (χ1v) is 9.71. The summed E-state index contributed by atoms with van der Waals surface area (Å²) in [5, 5.41) is 4.72. The molecule has 0 fully saturated rings. The van der Waals surface area contributed by atoms with Crippen LogP contribution >= 0.6 is 0 Å². The Bertz CT molecular complexity index is 1420. The Morgan fingerprint density at radius 2 is 1.77 bits per heavy atom. The second-order valence-electron chi connectivity index (χ2n) is 7.03. The van der Waals surface area contributed by atoms with Crippen LogP contribution in [0.3, 0.4) is 0 Å². The Morgan fingerprint density at radius 1 is 0.968 bits per heavy atom. The van der Waals surface area contributed by atoms with E-state index in [0.29, 0.717) is 23.3 Å². The second kappa shape index (κ2) is 7.91. The van der Waals surface area contributed by atoms with Crippen molar-refractivity contribution in [2.45, 2.75) is 6.61 Å². The molecule has 2 heterocycles. The molecule has 0 atom stereocenters. The standard InChI is InChI=1S/C25H17FN2O3/c26-23-9-5-4-8-20(23)22-16-31-24-12-19(10-11-21(24)25(22)29)30-15-17-13-27-28(14-17)18-6-2-1-3-7-18/h1-14,16H,15H2. The molecule has 0 spiro atoms. The van der Waals surface area contributed by atoms with E-state index in [1.54, 1.807) is 47.3 Å². The number of para-hydroxylation sites is 1. The van der Waals surface area contributed by atoms with E-state index in [1.807, 2.05) is 36.5 Å². The number of aromatic nitrogens is 2. The normalized spacial score (nSPS) is 11.0. The monoisotopic (exact) mass is 412 g/mol. The lowest BCUT2D eigenvalue weighted by Crippen LogP contribution is -2.06. The van der Waals surface area contributed by atoms with Crippen molar-refractivity contribution in [3.8, 4) is 22.6 Å². The smallest absolute Gasteiger partial charge is 0.200 e. The zero-order valence-electron chi connectivity index (χ0n) is 16.4. The molecule has 0 aliphatic rings. The minimum atomic E-state index is -0.467. The molecule has 0 unspecified atom stereocenters. The summed E-state index contributed by atoms with van der Waals surface area (Å²) in [4.78, 5) is 12.8. The van der Waals surface area contributed by atoms with Gasteiger partial charge in [0, 0.05) is 23.4 Å². The molecule has 0 aliphatic heterocycles. The van der Waals surface area contributed by atoms with E-state index in [-0.39, 0.29) is 16.6 Å². The SMILES string of the molecule is O=c1c(-c2ccccc2F)coc2cc(OCc3cnn(-c4ccccc4)c3)ccc12. The molecule has 0 N–H and O–H groups in total. The minimum Gasteiger partial charge on any atom is -0.489 e. The van der Waals surface area contributed by atoms with Gasteiger partial charge in [0.25, 0.3) is 0 Å². The molecule has 0 bridgehead atoms. The quantitative estimate of drug-likeness (QED) is 0.390. The van der Waals surface area contributed by atoms with E-state index in [1.165, 1.54) is 12.3 Å². The molecule has 0 saturated heterocycles. The van der Waals surface area contributed by atoms with Crippen molar-refractivity contribution in [2.75, 3.05) is 0 Å². The largest absolute Gasteiger partial charge is 0.489 e. The molecule has 152 valence electrons. The lowest BCUT2D eigenvalue weighted by molar-refractivity contribution is 0.306. The highest BCUT2D eigenvalue weighted by molar-refractivity contribution is 5.82. The van der Waals surface area contributed by atoms with Gasteiger partial charge in [-0.3, -0.25) is 4.79 Å². The van der Waals surface area contributed by atoms with Crippen molar-refractivity contribution in [1.82, 2.24) is 9.78 Å². The Labute approximate surface area is 177 Å². The molecule has 0 radical (unpaired) electrons. The van der Waals surface area contributed by atoms with E-state index in [2.05, 4.69) is 5.10 Å². The lowest BCUT2D eigenvalue weighted by atomic mass is 10.1. The Kier molecular flexibility index (Phi) is 4.80. The third-order valence-electron chi connectivity index (χ3n) is 4.97. The zero-order valence-corrected chi connectivity index (χ0v) is 16.4. The van der Waals surface area contributed by atoms with Crippen molar-refractivity contribution in [2.24, 2.45) is 0 Å². The molecule has 5 nitrogen and oxygen atoms in total. The van der Waals surface area contributed by atoms with Crippen LogP contribution in [0.4, 0.5) is 4.39 Å². The maximum Gasteiger partial charge on any atom is 0.200 e. The van der Waals surface area contributed by atoms with Crippen LogP contribution in [0.25, 0.3) is 27.8 Å². The number of ether oxygens (including phenoxy) is 1. The lowest BCUT2D eigenvalue weighted by Gasteiger charge is -2.07. The number of hydrogen-bond acceptors (Lipinski definition) is 4. The van der Waals surface area contributed by atoms with E-state index < -0.39 is 5.82 Å². The number of benzene rings is 3. The van der Waals surface area contributed by atoms with Crippen LogP contribution in [0.1, 0.15) is 5.56 Å².